The van der Waals surface area contributed by atoms with Crippen molar-refractivity contribution < 1.29 is 5.32 Å². The highest BCUT2D eigenvalue weighted by Gasteiger charge is 1.92. The summed E-state index contributed by atoms with van der Waals surface area (Å²) in [4.78, 5) is 0. The Morgan fingerprint density at radius 3 is 2.22 bits per heavy atom. The average Bonchev–Trinajstić information content (AvgIpc) is 2.45. The summed E-state index contributed by atoms with van der Waals surface area (Å²) in [6.45, 7) is 2.19. The second-order valence-electron chi connectivity index (χ2n) is 4.36. The Kier molecular flexibility index (Phi) is 5.22. The predicted molar refractivity (Wildman–Crippen MR) is 77.3 cm³/mol. The second kappa shape index (κ2) is 7.46. The van der Waals surface area contributed by atoms with E-state index in [1.165, 1.54) is 11.1 Å². The maximum absolute atomic E-state index is 2.34. The summed E-state index contributed by atoms with van der Waals surface area (Å²) < 4.78 is 0. The lowest BCUT2D eigenvalue weighted by Crippen LogP contribution is -2.84. The summed E-state index contributed by atoms with van der Waals surface area (Å²) in [6, 6.07) is 21.1. The fraction of sp³-hybridized carbons (Fsp3) is 0.176. The van der Waals surface area contributed by atoms with E-state index >= 15 is 0 Å². The second-order valence-corrected chi connectivity index (χ2v) is 4.36. The maximum atomic E-state index is 2.34. The Hall–Kier alpha value is -1.86. The molecule has 0 spiro atoms. The Morgan fingerprint density at radius 1 is 0.833 bits per heavy atom. The number of hydrogen-bond acceptors (Lipinski definition) is 0. The summed E-state index contributed by atoms with van der Waals surface area (Å²) in [5, 5.41) is 2.34. The van der Waals surface area contributed by atoms with Gasteiger partial charge in [0.25, 0.3) is 0 Å². The van der Waals surface area contributed by atoms with Gasteiger partial charge in [-0.1, -0.05) is 66.7 Å². The van der Waals surface area contributed by atoms with Crippen LogP contribution in [0.25, 0.3) is 6.08 Å². The molecule has 0 saturated carbocycles. The summed E-state index contributed by atoms with van der Waals surface area (Å²) in [6.07, 6.45) is 5.54. The molecule has 92 valence electrons. The van der Waals surface area contributed by atoms with E-state index in [4.69, 9.17) is 0 Å². The van der Waals surface area contributed by atoms with Crippen molar-refractivity contribution in [2.75, 3.05) is 13.1 Å². The lowest BCUT2D eigenvalue weighted by molar-refractivity contribution is -0.645. The summed E-state index contributed by atoms with van der Waals surface area (Å²) >= 11 is 0. The van der Waals surface area contributed by atoms with Crippen LogP contribution in [0.3, 0.4) is 0 Å². The Bertz CT molecular complexity index is 459. The van der Waals surface area contributed by atoms with Crippen molar-refractivity contribution in [2.24, 2.45) is 0 Å². The molecule has 0 aliphatic carbocycles. The third kappa shape index (κ3) is 4.56. The molecule has 2 rings (SSSR count). The monoisotopic (exact) mass is 238 g/mol. The lowest BCUT2D eigenvalue weighted by Gasteiger charge is -1.99. The summed E-state index contributed by atoms with van der Waals surface area (Å²) in [5.41, 5.74) is 2.69. The zero-order valence-electron chi connectivity index (χ0n) is 10.6. The van der Waals surface area contributed by atoms with Crippen LogP contribution in [-0.2, 0) is 6.42 Å². The molecular weight excluding hydrogens is 218 g/mol. The van der Waals surface area contributed by atoms with Gasteiger partial charge in [0.1, 0.15) is 0 Å². The average molecular weight is 238 g/mol. The lowest BCUT2D eigenvalue weighted by atomic mass is 10.1. The van der Waals surface area contributed by atoms with Gasteiger partial charge in [-0.15, -0.1) is 0 Å². The van der Waals surface area contributed by atoms with Crippen molar-refractivity contribution in [1.29, 1.82) is 0 Å². The van der Waals surface area contributed by atoms with Crippen LogP contribution in [0.2, 0.25) is 0 Å². The zero-order chi connectivity index (χ0) is 12.5. The molecule has 1 nitrogen and oxygen atoms in total. The first-order valence-corrected chi connectivity index (χ1v) is 6.52. The standard InChI is InChI=1S/C17H19N/c1-3-8-16(9-4-1)12-7-14-18-15-13-17-10-5-2-6-11-17/h1-12,18H,13-15H2/p+1/b12-7+. The van der Waals surface area contributed by atoms with Crippen LogP contribution in [-0.4, -0.2) is 13.1 Å². The Morgan fingerprint density at radius 2 is 1.50 bits per heavy atom. The van der Waals surface area contributed by atoms with Gasteiger partial charge in [0.15, 0.2) is 0 Å². The molecule has 0 bridgehead atoms. The molecule has 0 radical (unpaired) electrons. The first kappa shape index (κ1) is 12.6. The molecule has 0 heterocycles. The first-order valence-electron chi connectivity index (χ1n) is 6.52. The number of hydrogen-bond donors (Lipinski definition) is 1. The van der Waals surface area contributed by atoms with E-state index in [2.05, 4.69) is 72.1 Å². The van der Waals surface area contributed by atoms with Crippen LogP contribution in [0.15, 0.2) is 66.7 Å². The molecule has 2 aromatic carbocycles. The van der Waals surface area contributed by atoms with E-state index in [-0.39, 0.29) is 0 Å². The third-order valence-corrected chi connectivity index (χ3v) is 2.89. The predicted octanol–water partition coefficient (Wildman–Crippen LogP) is 2.51. The van der Waals surface area contributed by atoms with Crippen LogP contribution < -0.4 is 5.32 Å². The third-order valence-electron chi connectivity index (χ3n) is 2.89. The normalized spacial score (nSPS) is 10.9. The molecule has 2 N–H and O–H groups in total. The molecule has 0 amide bonds. The maximum Gasteiger partial charge on any atom is 0.0945 e. The van der Waals surface area contributed by atoms with E-state index in [1.54, 1.807) is 0 Å². The van der Waals surface area contributed by atoms with Crippen LogP contribution in [0.4, 0.5) is 0 Å². The van der Waals surface area contributed by atoms with Gasteiger partial charge in [0.05, 0.1) is 13.1 Å². The van der Waals surface area contributed by atoms with Gasteiger partial charge in [-0.05, 0) is 17.2 Å². The van der Waals surface area contributed by atoms with E-state index in [0.29, 0.717) is 0 Å². The van der Waals surface area contributed by atoms with E-state index in [9.17, 15) is 0 Å². The first-order chi connectivity index (χ1) is 8.95. The number of rotatable bonds is 6. The van der Waals surface area contributed by atoms with Gasteiger partial charge >= 0.3 is 0 Å². The number of benzene rings is 2. The topological polar surface area (TPSA) is 16.6 Å². The van der Waals surface area contributed by atoms with Gasteiger partial charge in [-0.25, -0.2) is 0 Å². The van der Waals surface area contributed by atoms with Crippen LogP contribution in [0, 0.1) is 0 Å². The zero-order valence-corrected chi connectivity index (χ0v) is 10.6. The minimum atomic E-state index is 1.04. The molecule has 1 heteroatoms. The van der Waals surface area contributed by atoms with Gasteiger partial charge in [-0.2, -0.15) is 0 Å². The minimum absolute atomic E-state index is 1.04. The number of quaternary nitrogens is 1. The van der Waals surface area contributed by atoms with Gasteiger partial charge in [0.2, 0.25) is 0 Å². The quantitative estimate of drug-likeness (QED) is 0.745. The highest BCUT2D eigenvalue weighted by Crippen LogP contribution is 1.99. The van der Waals surface area contributed by atoms with Gasteiger partial charge in [0, 0.05) is 6.42 Å². The van der Waals surface area contributed by atoms with E-state index in [0.717, 1.165) is 19.5 Å². The highest BCUT2D eigenvalue weighted by atomic mass is 14.8. The summed E-state index contributed by atoms with van der Waals surface area (Å²) in [5.74, 6) is 0. The van der Waals surface area contributed by atoms with Crippen molar-refractivity contribution in [2.45, 2.75) is 6.42 Å². The Labute approximate surface area is 109 Å². The van der Waals surface area contributed by atoms with Gasteiger partial charge in [-0.3, -0.25) is 0 Å². The van der Waals surface area contributed by atoms with Crippen molar-refractivity contribution in [1.82, 2.24) is 0 Å². The molecule has 0 aromatic heterocycles. The van der Waals surface area contributed by atoms with E-state index in [1.807, 2.05) is 6.07 Å². The SMILES string of the molecule is C(=C\c1ccccc1)/C[NH2+]CCc1ccccc1. The fourth-order valence-corrected chi connectivity index (χ4v) is 1.90. The number of nitrogens with two attached hydrogens (primary N) is 1. The molecular formula is C17H20N+. The van der Waals surface area contributed by atoms with Crippen molar-refractivity contribution in [3.05, 3.63) is 77.9 Å². The van der Waals surface area contributed by atoms with Crippen molar-refractivity contribution in [3.63, 3.8) is 0 Å². The minimum Gasteiger partial charge on any atom is -0.343 e. The van der Waals surface area contributed by atoms with Crippen LogP contribution >= 0.6 is 0 Å². The molecule has 0 aliphatic heterocycles. The summed E-state index contributed by atoms with van der Waals surface area (Å²) in [7, 11) is 0. The van der Waals surface area contributed by atoms with E-state index < -0.39 is 0 Å². The fourth-order valence-electron chi connectivity index (χ4n) is 1.90. The highest BCUT2D eigenvalue weighted by molar-refractivity contribution is 5.48. The van der Waals surface area contributed by atoms with Crippen molar-refractivity contribution >= 4 is 6.08 Å². The van der Waals surface area contributed by atoms with Crippen LogP contribution in [0.1, 0.15) is 11.1 Å². The molecule has 18 heavy (non-hydrogen) atoms. The van der Waals surface area contributed by atoms with Crippen LogP contribution in [0.5, 0.6) is 0 Å². The van der Waals surface area contributed by atoms with Crippen molar-refractivity contribution in [3.8, 4) is 0 Å². The molecule has 0 aliphatic rings. The Balaban J connectivity index is 1.63. The smallest absolute Gasteiger partial charge is 0.0945 e. The molecule has 0 fully saturated rings. The molecule has 0 unspecified atom stereocenters. The molecule has 0 atom stereocenters. The largest absolute Gasteiger partial charge is 0.343 e. The molecule has 0 saturated heterocycles. The molecule has 2 aromatic rings. The van der Waals surface area contributed by atoms with Gasteiger partial charge < -0.3 is 5.32 Å².